The highest BCUT2D eigenvalue weighted by Crippen LogP contribution is 2.27. The maximum atomic E-state index is 13.5. The van der Waals surface area contributed by atoms with Gasteiger partial charge in [-0.1, -0.05) is 6.07 Å². The maximum absolute atomic E-state index is 13.5. The number of carbonyl (C=O) groups is 1. The summed E-state index contributed by atoms with van der Waals surface area (Å²) >= 11 is 0. The van der Waals surface area contributed by atoms with Crippen LogP contribution in [0.15, 0.2) is 42.6 Å². The standard InChI is InChI=1S/C18H20FN3O/c1-13-12-14(19)5-6-17(13)22(15-7-10-20-11-8-15)18(23)16-4-2-3-9-21-16/h2-6,9,12,15,20H,7-8,10-11H2,1H3/p+1. The SMILES string of the molecule is Cc1cc(F)ccc1N(C(=O)c1ccccn1)C1CC[NH2+]CC1. The lowest BCUT2D eigenvalue weighted by Gasteiger charge is -2.34. The van der Waals surface area contributed by atoms with Gasteiger partial charge in [-0.3, -0.25) is 9.78 Å². The number of piperidine rings is 1. The van der Waals surface area contributed by atoms with Crippen molar-refractivity contribution in [3.8, 4) is 0 Å². The number of rotatable bonds is 3. The van der Waals surface area contributed by atoms with Crippen molar-refractivity contribution in [1.82, 2.24) is 4.98 Å². The first-order chi connectivity index (χ1) is 11.2. The van der Waals surface area contributed by atoms with Gasteiger partial charge in [-0.2, -0.15) is 0 Å². The molecule has 1 saturated heterocycles. The van der Waals surface area contributed by atoms with E-state index < -0.39 is 0 Å². The Balaban J connectivity index is 2.01. The Morgan fingerprint density at radius 1 is 1.26 bits per heavy atom. The first-order valence-electron chi connectivity index (χ1n) is 7.99. The molecule has 5 heteroatoms. The van der Waals surface area contributed by atoms with Crippen LogP contribution in [-0.4, -0.2) is 30.0 Å². The second kappa shape index (κ2) is 6.87. The highest BCUT2D eigenvalue weighted by atomic mass is 19.1. The van der Waals surface area contributed by atoms with Crippen molar-refractivity contribution < 1.29 is 14.5 Å². The topological polar surface area (TPSA) is 49.8 Å². The summed E-state index contributed by atoms with van der Waals surface area (Å²) in [7, 11) is 0. The molecule has 1 aliphatic heterocycles. The van der Waals surface area contributed by atoms with E-state index in [0.29, 0.717) is 5.69 Å². The average molecular weight is 314 g/mol. The molecule has 2 heterocycles. The molecule has 23 heavy (non-hydrogen) atoms. The van der Waals surface area contributed by atoms with E-state index in [1.54, 1.807) is 24.4 Å². The molecule has 0 radical (unpaired) electrons. The molecule has 3 rings (SSSR count). The van der Waals surface area contributed by atoms with Gasteiger partial charge in [0.2, 0.25) is 0 Å². The molecule has 0 unspecified atom stereocenters. The summed E-state index contributed by atoms with van der Waals surface area (Å²) in [6.07, 6.45) is 3.47. The van der Waals surface area contributed by atoms with E-state index in [1.165, 1.54) is 12.1 Å². The van der Waals surface area contributed by atoms with Crippen molar-refractivity contribution in [2.45, 2.75) is 25.8 Å². The summed E-state index contributed by atoms with van der Waals surface area (Å²) in [4.78, 5) is 19.0. The fraction of sp³-hybridized carbons (Fsp3) is 0.333. The molecule has 1 fully saturated rings. The Morgan fingerprint density at radius 3 is 2.70 bits per heavy atom. The van der Waals surface area contributed by atoms with E-state index in [-0.39, 0.29) is 17.8 Å². The summed E-state index contributed by atoms with van der Waals surface area (Å²) < 4.78 is 13.5. The summed E-state index contributed by atoms with van der Waals surface area (Å²) in [5.41, 5.74) is 1.96. The molecule has 120 valence electrons. The summed E-state index contributed by atoms with van der Waals surface area (Å²) in [6, 6.07) is 10.0. The number of carbonyl (C=O) groups excluding carboxylic acids is 1. The van der Waals surface area contributed by atoms with E-state index in [1.807, 2.05) is 17.9 Å². The van der Waals surface area contributed by atoms with Crippen molar-refractivity contribution in [2.24, 2.45) is 0 Å². The van der Waals surface area contributed by atoms with Crippen molar-refractivity contribution in [2.75, 3.05) is 18.0 Å². The van der Waals surface area contributed by atoms with Gasteiger partial charge < -0.3 is 10.2 Å². The molecule has 1 aromatic carbocycles. The number of nitrogens with zero attached hydrogens (tertiary/aromatic N) is 2. The fourth-order valence-electron chi connectivity index (χ4n) is 3.14. The summed E-state index contributed by atoms with van der Waals surface area (Å²) in [5, 5.41) is 2.26. The fourth-order valence-corrected chi connectivity index (χ4v) is 3.14. The van der Waals surface area contributed by atoms with Crippen LogP contribution < -0.4 is 10.2 Å². The quantitative estimate of drug-likeness (QED) is 0.941. The molecule has 1 aromatic heterocycles. The molecular weight excluding hydrogens is 293 g/mol. The number of benzene rings is 1. The number of halogens is 1. The molecule has 2 N–H and O–H groups in total. The van der Waals surface area contributed by atoms with E-state index in [9.17, 15) is 9.18 Å². The largest absolute Gasteiger partial charge is 0.346 e. The van der Waals surface area contributed by atoms with Gasteiger partial charge in [0, 0.05) is 30.8 Å². The Labute approximate surface area is 135 Å². The van der Waals surface area contributed by atoms with E-state index in [2.05, 4.69) is 10.3 Å². The van der Waals surface area contributed by atoms with Crippen LogP contribution in [-0.2, 0) is 0 Å². The van der Waals surface area contributed by atoms with Crippen LogP contribution in [0.2, 0.25) is 0 Å². The number of hydrogen-bond donors (Lipinski definition) is 1. The Bertz CT molecular complexity index is 684. The lowest BCUT2D eigenvalue weighted by atomic mass is 10.0. The van der Waals surface area contributed by atoms with Crippen LogP contribution in [0.5, 0.6) is 0 Å². The predicted octanol–water partition coefficient (Wildman–Crippen LogP) is 1.90. The monoisotopic (exact) mass is 314 g/mol. The van der Waals surface area contributed by atoms with E-state index >= 15 is 0 Å². The zero-order chi connectivity index (χ0) is 16.2. The third-order valence-electron chi connectivity index (χ3n) is 4.29. The predicted molar refractivity (Wildman–Crippen MR) is 86.9 cm³/mol. The Kier molecular flexibility index (Phi) is 4.67. The van der Waals surface area contributed by atoms with Gasteiger partial charge in [0.05, 0.1) is 13.1 Å². The minimum absolute atomic E-state index is 0.118. The molecule has 1 aliphatic rings. The minimum atomic E-state index is -0.284. The molecule has 0 atom stereocenters. The number of aromatic nitrogens is 1. The number of pyridine rings is 1. The number of nitrogens with two attached hydrogens (primary N) is 1. The number of aryl methyl sites for hydroxylation is 1. The van der Waals surface area contributed by atoms with Crippen LogP contribution in [0, 0.1) is 12.7 Å². The van der Waals surface area contributed by atoms with Crippen LogP contribution in [0.1, 0.15) is 28.9 Å². The van der Waals surface area contributed by atoms with Gasteiger partial charge in [0.25, 0.3) is 5.91 Å². The third-order valence-corrected chi connectivity index (χ3v) is 4.29. The van der Waals surface area contributed by atoms with Crippen LogP contribution in [0.25, 0.3) is 0 Å². The Hall–Kier alpha value is -2.27. The Morgan fingerprint density at radius 2 is 2.04 bits per heavy atom. The summed E-state index contributed by atoms with van der Waals surface area (Å²) in [6.45, 7) is 3.83. The van der Waals surface area contributed by atoms with Crippen LogP contribution in [0.4, 0.5) is 10.1 Å². The molecular formula is C18H21FN3O+. The van der Waals surface area contributed by atoms with Gasteiger partial charge in [0.15, 0.2) is 0 Å². The third kappa shape index (κ3) is 3.40. The number of quaternary nitrogens is 1. The van der Waals surface area contributed by atoms with Gasteiger partial charge in [-0.15, -0.1) is 0 Å². The number of hydrogen-bond acceptors (Lipinski definition) is 2. The highest BCUT2D eigenvalue weighted by molar-refractivity contribution is 6.05. The first-order valence-corrected chi connectivity index (χ1v) is 7.99. The lowest BCUT2D eigenvalue weighted by molar-refractivity contribution is -0.662. The number of amides is 1. The molecule has 0 aliphatic carbocycles. The molecule has 0 spiro atoms. The summed E-state index contributed by atoms with van der Waals surface area (Å²) in [5.74, 6) is -0.402. The first kappa shape index (κ1) is 15.6. The molecule has 4 nitrogen and oxygen atoms in total. The smallest absolute Gasteiger partial charge is 0.277 e. The van der Waals surface area contributed by atoms with Crippen molar-refractivity contribution >= 4 is 11.6 Å². The zero-order valence-corrected chi connectivity index (χ0v) is 13.2. The molecule has 0 saturated carbocycles. The van der Waals surface area contributed by atoms with Gasteiger partial charge in [-0.25, -0.2) is 4.39 Å². The van der Waals surface area contributed by atoms with Gasteiger partial charge in [0.1, 0.15) is 11.5 Å². The lowest BCUT2D eigenvalue weighted by Crippen LogP contribution is -2.87. The highest BCUT2D eigenvalue weighted by Gasteiger charge is 2.30. The average Bonchev–Trinajstić information content (AvgIpc) is 2.59. The molecule has 2 aromatic rings. The zero-order valence-electron chi connectivity index (χ0n) is 13.2. The van der Waals surface area contributed by atoms with Crippen molar-refractivity contribution in [1.29, 1.82) is 0 Å². The van der Waals surface area contributed by atoms with Crippen molar-refractivity contribution in [3.63, 3.8) is 0 Å². The van der Waals surface area contributed by atoms with E-state index in [0.717, 1.165) is 37.2 Å². The second-order valence-corrected chi connectivity index (χ2v) is 5.92. The van der Waals surface area contributed by atoms with Crippen LogP contribution >= 0.6 is 0 Å². The van der Waals surface area contributed by atoms with E-state index in [4.69, 9.17) is 0 Å². The normalized spacial score (nSPS) is 15.4. The van der Waals surface area contributed by atoms with Gasteiger partial charge in [-0.05, 0) is 42.8 Å². The van der Waals surface area contributed by atoms with Crippen LogP contribution in [0.3, 0.4) is 0 Å². The second-order valence-electron chi connectivity index (χ2n) is 5.92. The maximum Gasteiger partial charge on any atom is 0.277 e. The van der Waals surface area contributed by atoms with Crippen molar-refractivity contribution in [3.05, 3.63) is 59.7 Å². The number of anilines is 1. The minimum Gasteiger partial charge on any atom is -0.346 e. The van der Waals surface area contributed by atoms with Gasteiger partial charge >= 0.3 is 0 Å². The molecule has 1 amide bonds. The molecule has 0 bridgehead atoms.